The number of likely N-dealkylation sites (tertiary alicyclic amines) is 1. The number of nitrogens with zero attached hydrogens (tertiary/aromatic N) is 2. The van der Waals surface area contributed by atoms with Gasteiger partial charge in [0, 0.05) is 26.2 Å². The molecule has 0 aromatic carbocycles. The summed E-state index contributed by atoms with van der Waals surface area (Å²) in [7, 11) is 1.74. The first kappa shape index (κ1) is 12.7. The first-order valence-electron chi connectivity index (χ1n) is 6.18. The maximum absolute atomic E-state index is 11.6. The van der Waals surface area contributed by atoms with Crippen LogP contribution >= 0.6 is 0 Å². The monoisotopic (exact) mass is 250 g/mol. The van der Waals surface area contributed by atoms with Crippen LogP contribution in [0.4, 0.5) is 0 Å². The molecular formula is C13H18N2O3. The van der Waals surface area contributed by atoms with Gasteiger partial charge in [0.2, 0.25) is 5.91 Å². The molecule has 1 saturated heterocycles. The summed E-state index contributed by atoms with van der Waals surface area (Å²) in [4.78, 5) is 24.5. The molecule has 0 aliphatic carbocycles. The molecule has 1 aromatic heterocycles. The Morgan fingerprint density at radius 3 is 2.61 bits per heavy atom. The van der Waals surface area contributed by atoms with E-state index in [4.69, 9.17) is 5.11 Å². The van der Waals surface area contributed by atoms with Gasteiger partial charge in [-0.3, -0.25) is 4.79 Å². The molecular weight excluding hydrogens is 232 g/mol. The van der Waals surface area contributed by atoms with Crippen molar-refractivity contribution in [1.29, 1.82) is 0 Å². The van der Waals surface area contributed by atoms with Crippen molar-refractivity contribution in [3.05, 3.63) is 23.5 Å². The van der Waals surface area contributed by atoms with Gasteiger partial charge in [0.25, 0.3) is 0 Å². The number of rotatable bonds is 2. The molecule has 5 nitrogen and oxygen atoms in total. The zero-order chi connectivity index (χ0) is 13.3. The Bertz CT molecular complexity index is 479. The third kappa shape index (κ3) is 2.12. The fourth-order valence-electron chi connectivity index (χ4n) is 2.69. The maximum Gasteiger partial charge on any atom is 0.352 e. The minimum Gasteiger partial charge on any atom is -0.477 e. The van der Waals surface area contributed by atoms with Crippen molar-refractivity contribution in [2.75, 3.05) is 6.54 Å². The summed E-state index contributed by atoms with van der Waals surface area (Å²) in [5.41, 5.74) is 1.17. The Morgan fingerprint density at radius 2 is 2.06 bits per heavy atom. The Balaban J connectivity index is 2.34. The first-order chi connectivity index (χ1) is 8.52. The molecule has 0 bridgehead atoms. The largest absolute Gasteiger partial charge is 0.477 e. The molecule has 1 aliphatic heterocycles. The standard InChI is InChI=1S/C13H18N2O3/c1-9(16)15-8-4-3-5-11(15)10-6-7-12(13(17)18)14(10)2/h6-7,11H,3-5,8H2,1-2H3,(H,17,18)/t11-/m1/s1. The average molecular weight is 250 g/mol. The fraction of sp³-hybridized carbons (Fsp3) is 0.538. The molecule has 2 rings (SSSR count). The summed E-state index contributed by atoms with van der Waals surface area (Å²) in [6.45, 7) is 2.33. The smallest absolute Gasteiger partial charge is 0.352 e. The Morgan fingerprint density at radius 1 is 1.33 bits per heavy atom. The highest BCUT2D eigenvalue weighted by molar-refractivity contribution is 5.86. The first-order valence-corrected chi connectivity index (χ1v) is 6.18. The van der Waals surface area contributed by atoms with Gasteiger partial charge in [-0.05, 0) is 31.4 Å². The summed E-state index contributed by atoms with van der Waals surface area (Å²) in [5, 5.41) is 9.05. The van der Waals surface area contributed by atoms with Crippen molar-refractivity contribution in [3.63, 3.8) is 0 Å². The van der Waals surface area contributed by atoms with E-state index in [-0.39, 0.29) is 17.6 Å². The average Bonchev–Trinajstić information content (AvgIpc) is 2.71. The third-order valence-corrected chi connectivity index (χ3v) is 3.63. The Hall–Kier alpha value is -1.78. The van der Waals surface area contributed by atoms with Gasteiger partial charge in [-0.2, -0.15) is 0 Å². The molecule has 1 N–H and O–H groups in total. The van der Waals surface area contributed by atoms with Crippen LogP contribution in [-0.4, -0.2) is 33.0 Å². The molecule has 1 aromatic rings. The topological polar surface area (TPSA) is 62.5 Å². The summed E-state index contributed by atoms with van der Waals surface area (Å²) in [5.74, 6) is -0.883. The number of hydrogen-bond donors (Lipinski definition) is 1. The van der Waals surface area contributed by atoms with Gasteiger partial charge < -0.3 is 14.6 Å². The van der Waals surface area contributed by atoms with Gasteiger partial charge in [-0.25, -0.2) is 4.79 Å². The SMILES string of the molecule is CC(=O)N1CCCC[C@@H]1c1ccc(C(=O)O)n1C. The molecule has 5 heteroatoms. The number of carbonyl (C=O) groups excluding carboxylic acids is 1. The number of carboxylic acids is 1. The normalized spacial score (nSPS) is 19.9. The van der Waals surface area contributed by atoms with E-state index in [0.29, 0.717) is 0 Å². The second-order valence-corrected chi connectivity index (χ2v) is 4.73. The molecule has 18 heavy (non-hydrogen) atoms. The number of aromatic carboxylic acids is 1. The molecule has 1 atom stereocenters. The minimum absolute atomic E-state index is 0.00866. The van der Waals surface area contributed by atoms with Gasteiger partial charge in [0.15, 0.2) is 0 Å². The molecule has 1 fully saturated rings. The van der Waals surface area contributed by atoms with Crippen molar-refractivity contribution in [1.82, 2.24) is 9.47 Å². The molecule has 0 unspecified atom stereocenters. The summed E-state index contributed by atoms with van der Waals surface area (Å²) in [6.07, 6.45) is 2.99. The summed E-state index contributed by atoms with van der Waals surface area (Å²) >= 11 is 0. The lowest BCUT2D eigenvalue weighted by molar-refractivity contribution is -0.132. The molecule has 1 aliphatic rings. The van der Waals surface area contributed by atoms with E-state index in [1.54, 1.807) is 24.6 Å². The lowest BCUT2D eigenvalue weighted by atomic mass is 9.99. The number of hydrogen-bond acceptors (Lipinski definition) is 2. The summed E-state index contributed by atoms with van der Waals surface area (Å²) < 4.78 is 1.67. The molecule has 98 valence electrons. The Labute approximate surface area is 106 Å². The quantitative estimate of drug-likeness (QED) is 0.870. The fourth-order valence-corrected chi connectivity index (χ4v) is 2.69. The molecule has 1 amide bonds. The van der Waals surface area contributed by atoms with Crippen molar-refractivity contribution >= 4 is 11.9 Å². The van der Waals surface area contributed by atoms with E-state index < -0.39 is 5.97 Å². The van der Waals surface area contributed by atoms with Gasteiger partial charge in [0.05, 0.1) is 6.04 Å². The van der Waals surface area contributed by atoms with E-state index in [9.17, 15) is 9.59 Å². The molecule has 0 radical (unpaired) electrons. The number of carboxylic acid groups (broad SMARTS) is 1. The van der Waals surface area contributed by atoms with Crippen LogP contribution in [0.2, 0.25) is 0 Å². The maximum atomic E-state index is 11.6. The van der Waals surface area contributed by atoms with Crippen LogP contribution in [0, 0.1) is 0 Å². The van der Waals surface area contributed by atoms with Gasteiger partial charge in [-0.15, -0.1) is 0 Å². The lowest BCUT2D eigenvalue weighted by Gasteiger charge is -2.35. The van der Waals surface area contributed by atoms with Crippen LogP contribution in [0.25, 0.3) is 0 Å². The highest BCUT2D eigenvalue weighted by atomic mass is 16.4. The van der Waals surface area contributed by atoms with E-state index in [1.165, 1.54) is 0 Å². The van der Waals surface area contributed by atoms with Crippen molar-refractivity contribution < 1.29 is 14.7 Å². The van der Waals surface area contributed by atoms with Crippen LogP contribution in [-0.2, 0) is 11.8 Å². The van der Waals surface area contributed by atoms with Crippen LogP contribution in [0.1, 0.15) is 48.4 Å². The van der Waals surface area contributed by atoms with Crippen LogP contribution < -0.4 is 0 Å². The highest BCUT2D eigenvalue weighted by Crippen LogP contribution is 2.31. The van der Waals surface area contributed by atoms with Gasteiger partial charge in [0.1, 0.15) is 5.69 Å². The zero-order valence-corrected chi connectivity index (χ0v) is 10.7. The van der Waals surface area contributed by atoms with Crippen molar-refractivity contribution in [2.24, 2.45) is 7.05 Å². The minimum atomic E-state index is -0.936. The van der Waals surface area contributed by atoms with E-state index >= 15 is 0 Å². The number of aromatic nitrogens is 1. The highest BCUT2D eigenvalue weighted by Gasteiger charge is 2.28. The van der Waals surface area contributed by atoms with E-state index in [0.717, 1.165) is 31.5 Å². The van der Waals surface area contributed by atoms with Crippen LogP contribution in [0.15, 0.2) is 12.1 Å². The van der Waals surface area contributed by atoms with Crippen LogP contribution in [0.5, 0.6) is 0 Å². The van der Waals surface area contributed by atoms with E-state index in [2.05, 4.69) is 0 Å². The predicted octanol–water partition coefficient (Wildman–Crippen LogP) is 1.80. The number of piperidine rings is 1. The van der Waals surface area contributed by atoms with Gasteiger partial charge >= 0.3 is 5.97 Å². The molecule has 2 heterocycles. The zero-order valence-electron chi connectivity index (χ0n) is 10.7. The number of carbonyl (C=O) groups is 2. The molecule has 0 spiro atoms. The predicted molar refractivity (Wildman–Crippen MR) is 66.4 cm³/mol. The lowest BCUT2D eigenvalue weighted by Crippen LogP contribution is -2.37. The molecule has 0 saturated carbocycles. The Kier molecular flexibility index (Phi) is 3.41. The number of amides is 1. The third-order valence-electron chi connectivity index (χ3n) is 3.63. The second-order valence-electron chi connectivity index (χ2n) is 4.73. The van der Waals surface area contributed by atoms with Crippen molar-refractivity contribution in [2.45, 2.75) is 32.2 Å². The second kappa shape index (κ2) is 4.84. The summed E-state index contributed by atoms with van der Waals surface area (Å²) in [6, 6.07) is 3.43. The van der Waals surface area contributed by atoms with Gasteiger partial charge in [-0.1, -0.05) is 0 Å². The van der Waals surface area contributed by atoms with Crippen molar-refractivity contribution in [3.8, 4) is 0 Å². The van der Waals surface area contributed by atoms with Crippen LogP contribution in [0.3, 0.4) is 0 Å². The van der Waals surface area contributed by atoms with E-state index in [1.807, 2.05) is 11.0 Å².